The van der Waals surface area contributed by atoms with Crippen molar-refractivity contribution in [1.82, 2.24) is 4.90 Å². The fourth-order valence-corrected chi connectivity index (χ4v) is 2.51. The molecule has 1 saturated heterocycles. The molecule has 1 aliphatic rings. The van der Waals surface area contributed by atoms with Gasteiger partial charge in [0.15, 0.2) is 0 Å². The van der Waals surface area contributed by atoms with Crippen molar-refractivity contribution >= 4 is 0 Å². The van der Waals surface area contributed by atoms with Crippen molar-refractivity contribution in [2.45, 2.75) is 51.8 Å². The lowest BCUT2D eigenvalue weighted by atomic mass is 10.1. The summed E-state index contributed by atoms with van der Waals surface area (Å²) in [5.41, 5.74) is 1.22. The van der Waals surface area contributed by atoms with Gasteiger partial charge in [-0.2, -0.15) is 0 Å². The first kappa shape index (κ1) is 11.7. The molecule has 0 aliphatic carbocycles. The molecule has 0 saturated carbocycles. The zero-order valence-corrected chi connectivity index (χ0v) is 10.1. The molecule has 0 spiro atoms. The van der Waals surface area contributed by atoms with Gasteiger partial charge >= 0.3 is 0 Å². The van der Waals surface area contributed by atoms with Gasteiger partial charge in [-0.1, -0.05) is 0 Å². The molecule has 0 amide bonds. The van der Waals surface area contributed by atoms with E-state index in [1.54, 1.807) is 6.26 Å². The van der Waals surface area contributed by atoms with Gasteiger partial charge in [0.1, 0.15) is 5.76 Å². The van der Waals surface area contributed by atoms with E-state index in [-0.39, 0.29) is 6.10 Å². The lowest BCUT2D eigenvalue weighted by molar-refractivity contribution is 0.126. The first-order valence-corrected chi connectivity index (χ1v) is 6.12. The molecule has 2 heterocycles. The lowest BCUT2D eigenvalue weighted by Gasteiger charge is -2.24. The molecule has 0 radical (unpaired) electrons. The number of nitrogens with zero attached hydrogens (tertiary/aromatic N) is 1. The quantitative estimate of drug-likeness (QED) is 0.851. The first-order chi connectivity index (χ1) is 7.66. The molecular formula is C13H21NO2. The van der Waals surface area contributed by atoms with Crippen molar-refractivity contribution < 1.29 is 9.52 Å². The number of aryl methyl sites for hydroxylation is 1. The summed E-state index contributed by atoms with van der Waals surface area (Å²) in [4.78, 5) is 2.43. The van der Waals surface area contributed by atoms with Crippen molar-refractivity contribution in [2.75, 3.05) is 6.54 Å². The van der Waals surface area contributed by atoms with Gasteiger partial charge in [0.2, 0.25) is 0 Å². The molecular weight excluding hydrogens is 202 g/mol. The van der Waals surface area contributed by atoms with Crippen LogP contribution in [0.25, 0.3) is 0 Å². The van der Waals surface area contributed by atoms with Crippen molar-refractivity contribution in [3.05, 3.63) is 23.7 Å². The minimum Gasteiger partial charge on any atom is -0.468 e. The van der Waals surface area contributed by atoms with Gasteiger partial charge in [-0.15, -0.1) is 0 Å². The summed E-state index contributed by atoms with van der Waals surface area (Å²) < 4.78 is 5.48. The van der Waals surface area contributed by atoms with Crippen LogP contribution in [0.1, 0.15) is 37.5 Å². The van der Waals surface area contributed by atoms with E-state index in [4.69, 9.17) is 4.42 Å². The molecule has 2 rings (SSSR count). The maximum atomic E-state index is 9.46. The summed E-state index contributed by atoms with van der Waals surface area (Å²) in [6.07, 6.45) is 4.86. The van der Waals surface area contributed by atoms with Crippen LogP contribution in [0.4, 0.5) is 0 Å². The molecule has 0 aromatic carbocycles. The number of aliphatic hydroxyl groups is 1. The Labute approximate surface area is 97.1 Å². The van der Waals surface area contributed by atoms with E-state index in [1.165, 1.54) is 18.4 Å². The smallest absolute Gasteiger partial charge is 0.120 e. The molecule has 90 valence electrons. The second kappa shape index (κ2) is 5.02. The first-order valence-electron chi connectivity index (χ1n) is 6.12. The van der Waals surface area contributed by atoms with Crippen LogP contribution in [-0.2, 0) is 6.54 Å². The monoisotopic (exact) mass is 223 g/mol. The van der Waals surface area contributed by atoms with E-state index in [2.05, 4.69) is 11.8 Å². The van der Waals surface area contributed by atoms with Crippen molar-refractivity contribution in [1.29, 1.82) is 0 Å². The topological polar surface area (TPSA) is 36.6 Å². The molecule has 2 atom stereocenters. The highest BCUT2D eigenvalue weighted by Crippen LogP contribution is 2.24. The third kappa shape index (κ3) is 2.66. The summed E-state index contributed by atoms with van der Waals surface area (Å²) in [6, 6.07) is 2.53. The van der Waals surface area contributed by atoms with Gasteiger partial charge in [0.25, 0.3) is 0 Å². The molecule has 3 nitrogen and oxygen atoms in total. The Hall–Kier alpha value is -0.800. The van der Waals surface area contributed by atoms with Crippen LogP contribution in [0.3, 0.4) is 0 Å². The molecule has 1 aliphatic heterocycles. The maximum absolute atomic E-state index is 9.46. The number of rotatable bonds is 4. The fraction of sp³-hybridized carbons (Fsp3) is 0.692. The summed E-state index contributed by atoms with van der Waals surface area (Å²) in [5, 5.41) is 9.46. The Morgan fingerprint density at radius 2 is 2.44 bits per heavy atom. The van der Waals surface area contributed by atoms with Crippen molar-refractivity contribution in [3.63, 3.8) is 0 Å². The highest BCUT2D eigenvalue weighted by atomic mass is 16.3. The van der Waals surface area contributed by atoms with Gasteiger partial charge in [0.05, 0.1) is 18.9 Å². The number of likely N-dealkylation sites (tertiary alicyclic amines) is 1. The molecule has 1 aromatic heterocycles. The second-order valence-corrected chi connectivity index (χ2v) is 4.88. The molecule has 1 aromatic rings. The number of furan rings is 1. The average molecular weight is 223 g/mol. The third-order valence-electron chi connectivity index (χ3n) is 3.43. The van der Waals surface area contributed by atoms with E-state index >= 15 is 0 Å². The number of aliphatic hydroxyl groups excluding tert-OH is 1. The summed E-state index contributed by atoms with van der Waals surface area (Å²) in [5.74, 6) is 1.07. The van der Waals surface area contributed by atoms with Gasteiger partial charge in [-0.25, -0.2) is 0 Å². The minimum absolute atomic E-state index is 0.205. The fourth-order valence-electron chi connectivity index (χ4n) is 2.51. The maximum Gasteiger partial charge on any atom is 0.120 e. The zero-order valence-electron chi connectivity index (χ0n) is 10.1. The van der Waals surface area contributed by atoms with Crippen LogP contribution in [0, 0.1) is 6.92 Å². The minimum atomic E-state index is -0.205. The van der Waals surface area contributed by atoms with Gasteiger partial charge in [-0.05, 0) is 51.3 Å². The van der Waals surface area contributed by atoms with E-state index in [0.717, 1.165) is 25.3 Å². The Balaban J connectivity index is 1.96. The summed E-state index contributed by atoms with van der Waals surface area (Å²) >= 11 is 0. The van der Waals surface area contributed by atoms with Gasteiger partial charge < -0.3 is 9.52 Å². The van der Waals surface area contributed by atoms with E-state index in [0.29, 0.717) is 6.04 Å². The largest absolute Gasteiger partial charge is 0.468 e. The molecule has 1 fully saturated rings. The highest BCUT2D eigenvalue weighted by molar-refractivity contribution is 5.14. The van der Waals surface area contributed by atoms with E-state index in [1.807, 2.05) is 13.0 Å². The van der Waals surface area contributed by atoms with Gasteiger partial charge in [0, 0.05) is 6.04 Å². The van der Waals surface area contributed by atoms with E-state index < -0.39 is 0 Å². The molecule has 3 heteroatoms. The van der Waals surface area contributed by atoms with Crippen molar-refractivity contribution in [3.8, 4) is 0 Å². The van der Waals surface area contributed by atoms with Crippen LogP contribution in [0.15, 0.2) is 16.7 Å². The predicted octanol–water partition coefficient (Wildman–Crippen LogP) is 2.32. The molecule has 16 heavy (non-hydrogen) atoms. The molecule has 0 bridgehead atoms. The van der Waals surface area contributed by atoms with Crippen LogP contribution >= 0.6 is 0 Å². The normalized spacial score (nSPS) is 23.8. The number of hydrogen-bond acceptors (Lipinski definition) is 3. The highest BCUT2D eigenvalue weighted by Gasteiger charge is 2.26. The molecule has 1 N–H and O–H groups in total. The Bertz CT molecular complexity index is 332. The third-order valence-corrected chi connectivity index (χ3v) is 3.43. The Morgan fingerprint density at radius 3 is 3.06 bits per heavy atom. The summed E-state index contributed by atoms with van der Waals surface area (Å²) in [6.45, 7) is 5.96. The van der Waals surface area contributed by atoms with Crippen molar-refractivity contribution in [2.24, 2.45) is 0 Å². The van der Waals surface area contributed by atoms with Crippen LogP contribution in [-0.4, -0.2) is 28.7 Å². The number of hydrogen-bond donors (Lipinski definition) is 1. The Kier molecular flexibility index (Phi) is 3.66. The zero-order chi connectivity index (χ0) is 11.5. The lowest BCUT2D eigenvalue weighted by Crippen LogP contribution is -2.31. The average Bonchev–Trinajstić information content (AvgIpc) is 2.78. The van der Waals surface area contributed by atoms with Crippen LogP contribution in [0.2, 0.25) is 0 Å². The second-order valence-electron chi connectivity index (χ2n) is 4.88. The standard InChI is InChI=1S/C13H21NO2/c1-10-5-7-16-13(10)9-14-6-3-4-12(14)8-11(2)15/h5,7,11-12,15H,3-4,6,8-9H2,1-2H3. The summed E-state index contributed by atoms with van der Waals surface area (Å²) in [7, 11) is 0. The van der Waals surface area contributed by atoms with Gasteiger partial charge in [-0.3, -0.25) is 4.90 Å². The van der Waals surface area contributed by atoms with Crippen LogP contribution in [0.5, 0.6) is 0 Å². The molecule has 2 unspecified atom stereocenters. The van der Waals surface area contributed by atoms with E-state index in [9.17, 15) is 5.11 Å². The predicted molar refractivity (Wildman–Crippen MR) is 63.2 cm³/mol. The Morgan fingerprint density at radius 1 is 1.62 bits per heavy atom. The SMILES string of the molecule is Cc1ccoc1CN1CCCC1CC(C)O. The van der Waals surface area contributed by atoms with Crippen LogP contribution < -0.4 is 0 Å².